The van der Waals surface area contributed by atoms with E-state index in [2.05, 4.69) is 5.32 Å². The third-order valence-electron chi connectivity index (χ3n) is 2.80. The van der Waals surface area contributed by atoms with Crippen molar-refractivity contribution in [2.75, 3.05) is 60.0 Å². The number of nitrogens with zero attached hydrogens (tertiary/aromatic N) is 2. The van der Waals surface area contributed by atoms with Crippen LogP contribution in [0.4, 0.5) is 0 Å². The SMILES string of the molecule is CN(C)CC(C)(O)CNCC(=O)N1CCOCC1. The zero-order valence-corrected chi connectivity index (χ0v) is 11.6. The fourth-order valence-electron chi connectivity index (χ4n) is 2.10. The van der Waals surface area contributed by atoms with Crippen LogP contribution in [0, 0.1) is 0 Å². The molecule has 0 radical (unpaired) electrons. The van der Waals surface area contributed by atoms with E-state index in [1.807, 2.05) is 19.0 Å². The predicted octanol–water partition coefficient (Wildman–Crippen LogP) is -1.25. The highest BCUT2D eigenvalue weighted by molar-refractivity contribution is 5.78. The first-order valence-electron chi connectivity index (χ1n) is 6.34. The molecule has 1 unspecified atom stereocenters. The number of likely N-dealkylation sites (N-methyl/N-ethyl adjacent to an activating group) is 1. The zero-order valence-electron chi connectivity index (χ0n) is 11.6. The van der Waals surface area contributed by atoms with E-state index in [-0.39, 0.29) is 12.5 Å². The maximum Gasteiger partial charge on any atom is 0.236 e. The molecule has 18 heavy (non-hydrogen) atoms. The van der Waals surface area contributed by atoms with Gasteiger partial charge in [-0.1, -0.05) is 0 Å². The van der Waals surface area contributed by atoms with Crippen molar-refractivity contribution >= 4 is 5.91 Å². The average Bonchev–Trinajstić information content (AvgIpc) is 2.28. The van der Waals surface area contributed by atoms with Crippen LogP contribution >= 0.6 is 0 Å². The Morgan fingerprint density at radius 2 is 2.06 bits per heavy atom. The Morgan fingerprint density at radius 3 is 2.61 bits per heavy atom. The molecule has 0 saturated carbocycles. The van der Waals surface area contributed by atoms with Crippen molar-refractivity contribution in [3.05, 3.63) is 0 Å². The summed E-state index contributed by atoms with van der Waals surface area (Å²) in [5, 5.41) is 13.1. The van der Waals surface area contributed by atoms with Crippen molar-refractivity contribution in [3.8, 4) is 0 Å². The Labute approximate surface area is 109 Å². The van der Waals surface area contributed by atoms with E-state index < -0.39 is 5.60 Å². The van der Waals surface area contributed by atoms with Gasteiger partial charge in [-0.2, -0.15) is 0 Å². The Balaban J connectivity index is 2.21. The summed E-state index contributed by atoms with van der Waals surface area (Å²) in [4.78, 5) is 15.5. The second kappa shape index (κ2) is 7.04. The predicted molar refractivity (Wildman–Crippen MR) is 69.4 cm³/mol. The molecule has 6 heteroatoms. The molecule has 1 fully saturated rings. The lowest BCUT2D eigenvalue weighted by atomic mass is 10.1. The van der Waals surface area contributed by atoms with E-state index >= 15 is 0 Å². The van der Waals surface area contributed by atoms with Gasteiger partial charge in [0.1, 0.15) is 0 Å². The standard InChI is InChI=1S/C12H25N3O3/c1-12(17,10-14(2)3)9-13-8-11(16)15-4-6-18-7-5-15/h13,17H,4-10H2,1-3H3. The van der Waals surface area contributed by atoms with Gasteiger partial charge in [0.25, 0.3) is 0 Å². The summed E-state index contributed by atoms with van der Waals surface area (Å²) >= 11 is 0. The molecule has 0 bridgehead atoms. The summed E-state index contributed by atoms with van der Waals surface area (Å²) in [7, 11) is 3.82. The smallest absolute Gasteiger partial charge is 0.236 e. The number of hydrogen-bond acceptors (Lipinski definition) is 5. The third-order valence-corrected chi connectivity index (χ3v) is 2.80. The number of hydrogen-bond donors (Lipinski definition) is 2. The van der Waals surface area contributed by atoms with Gasteiger partial charge in [0.05, 0.1) is 25.4 Å². The largest absolute Gasteiger partial charge is 0.388 e. The molecule has 1 saturated heterocycles. The first kappa shape index (κ1) is 15.4. The van der Waals surface area contributed by atoms with Gasteiger partial charge in [-0.25, -0.2) is 0 Å². The maximum absolute atomic E-state index is 11.8. The van der Waals surface area contributed by atoms with Crippen LogP contribution in [0.1, 0.15) is 6.92 Å². The van der Waals surface area contributed by atoms with E-state index in [1.165, 1.54) is 0 Å². The molecule has 0 aromatic rings. The lowest BCUT2D eigenvalue weighted by Gasteiger charge is -2.29. The highest BCUT2D eigenvalue weighted by atomic mass is 16.5. The maximum atomic E-state index is 11.8. The Hall–Kier alpha value is -0.690. The number of rotatable bonds is 6. The summed E-state index contributed by atoms with van der Waals surface area (Å²) in [6.45, 7) is 5.55. The minimum absolute atomic E-state index is 0.0685. The first-order chi connectivity index (χ1) is 8.41. The molecular formula is C12H25N3O3. The van der Waals surface area contributed by atoms with Crippen LogP contribution in [-0.4, -0.2) is 86.4 Å². The van der Waals surface area contributed by atoms with Crippen molar-refractivity contribution in [2.24, 2.45) is 0 Å². The number of nitrogens with one attached hydrogen (secondary N) is 1. The quantitative estimate of drug-likeness (QED) is 0.624. The molecular weight excluding hydrogens is 234 g/mol. The fourth-order valence-corrected chi connectivity index (χ4v) is 2.10. The molecule has 0 aliphatic carbocycles. The van der Waals surface area contributed by atoms with E-state index in [4.69, 9.17) is 4.74 Å². The third kappa shape index (κ3) is 5.77. The second-order valence-electron chi connectivity index (χ2n) is 5.33. The van der Waals surface area contributed by atoms with Crippen molar-refractivity contribution in [3.63, 3.8) is 0 Å². The molecule has 1 rings (SSSR count). The molecule has 0 aromatic heterocycles. The average molecular weight is 259 g/mol. The van der Waals surface area contributed by atoms with Crippen LogP contribution in [0.25, 0.3) is 0 Å². The van der Waals surface area contributed by atoms with Crippen molar-refractivity contribution < 1.29 is 14.6 Å². The molecule has 2 N–H and O–H groups in total. The number of amides is 1. The van der Waals surface area contributed by atoms with Gasteiger partial charge in [0.15, 0.2) is 0 Å². The normalized spacial score (nSPS) is 19.9. The van der Waals surface area contributed by atoms with Gasteiger partial charge in [0, 0.05) is 26.2 Å². The van der Waals surface area contributed by atoms with Crippen LogP contribution < -0.4 is 5.32 Å². The van der Waals surface area contributed by atoms with Crippen molar-refractivity contribution in [2.45, 2.75) is 12.5 Å². The number of carbonyl (C=O) groups is 1. The molecule has 1 aliphatic rings. The van der Waals surface area contributed by atoms with Gasteiger partial charge in [-0.05, 0) is 21.0 Å². The van der Waals surface area contributed by atoms with Gasteiger partial charge < -0.3 is 25.0 Å². The second-order valence-corrected chi connectivity index (χ2v) is 5.33. The van der Waals surface area contributed by atoms with Gasteiger partial charge in [-0.3, -0.25) is 4.79 Å². The molecule has 1 aliphatic heterocycles. The zero-order chi connectivity index (χ0) is 13.6. The highest BCUT2D eigenvalue weighted by Crippen LogP contribution is 2.02. The van der Waals surface area contributed by atoms with Crippen LogP contribution in [-0.2, 0) is 9.53 Å². The summed E-state index contributed by atoms with van der Waals surface area (Å²) in [5.41, 5.74) is -0.825. The number of morpholine rings is 1. The summed E-state index contributed by atoms with van der Waals surface area (Å²) < 4.78 is 5.19. The topological polar surface area (TPSA) is 65.0 Å². The van der Waals surface area contributed by atoms with Gasteiger partial charge in [-0.15, -0.1) is 0 Å². The van der Waals surface area contributed by atoms with Crippen molar-refractivity contribution in [1.82, 2.24) is 15.1 Å². The molecule has 0 aromatic carbocycles. The number of aliphatic hydroxyl groups is 1. The van der Waals surface area contributed by atoms with E-state index in [1.54, 1.807) is 11.8 Å². The number of carbonyl (C=O) groups excluding carboxylic acids is 1. The van der Waals surface area contributed by atoms with Gasteiger partial charge >= 0.3 is 0 Å². The minimum Gasteiger partial charge on any atom is -0.388 e. The Morgan fingerprint density at radius 1 is 1.44 bits per heavy atom. The molecule has 0 spiro atoms. The highest BCUT2D eigenvalue weighted by Gasteiger charge is 2.22. The van der Waals surface area contributed by atoms with Crippen LogP contribution in [0.15, 0.2) is 0 Å². The summed E-state index contributed by atoms with van der Waals surface area (Å²) in [5.74, 6) is 0.0685. The van der Waals surface area contributed by atoms with E-state index in [0.717, 1.165) is 0 Å². The monoisotopic (exact) mass is 259 g/mol. The molecule has 1 atom stereocenters. The molecule has 6 nitrogen and oxygen atoms in total. The Bertz CT molecular complexity index is 263. The van der Waals surface area contributed by atoms with Crippen LogP contribution in [0.5, 0.6) is 0 Å². The summed E-state index contributed by atoms with van der Waals surface area (Å²) in [6.07, 6.45) is 0. The number of ether oxygens (including phenoxy) is 1. The molecule has 106 valence electrons. The fraction of sp³-hybridized carbons (Fsp3) is 0.917. The lowest BCUT2D eigenvalue weighted by molar-refractivity contribution is -0.134. The lowest BCUT2D eigenvalue weighted by Crippen LogP contribution is -2.49. The minimum atomic E-state index is -0.825. The van der Waals surface area contributed by atoms with E-state index in [0.29, 0.717) is 39.4 Å². The summed E-state index contributed by atoms with van der Waals surface area (Å²) in [6, 6.07) is 0. The van der Waals surface area contributed by atoms with Crippen LogP contribution in [0.2, 0.25) is 0 Å². The Kier molecular flexibility index (Phi) is 6.01. The first-order valence-corrected chi connectivity index (χ1v) is 6.34. The van der Waals surface area contributed by atoms with Gasteiger partial charge in [0.2, 0.25) is 5.91 Å². The molecule has 1 heterocycles. The van der Waals surface area contributed by atoms with Crippen LogP contribution in [0.3, 0.4) is 0 Å². The van der Waals surface area contributed by atoms with E-state index in [9.17, 15) is 9.90 Å². The molecule has 1 amide bonds. The van der Waals surface area contributed by atoms with Crippen molar-refractivity contribution in [1.29, 1.82) is 0 Å².